The molecule has 2 aromatic carbocycles. The number of aromatic nitrogens is 3. The summed E-state index contributed by atoms with van der Waals surface area (Å²) in [5, 5.41) is 11.2. The van der Waals surface area contributed by atoms with E-state index in [1.165, 1.54) is 5.56 Å². The number of halogens is 2. The van der Waals surface area contributed by atoms with Gasteiger partial charge in [0.05, 0.1) is 0 Å². The molecule has 0 fully saturated rings. The number of benzene rings is 2. The molecule has 0 saturated carbocycles. The Morgan fingerprint density at radius 2 is 1.96 bits per heavy atom. The average Bonchev–Trinajstić information content (AvgIpc) is 3.25. The van der Waals surface area contributed by atoms with Crippen LogP contribution in [0.25, 0.3) is 22.6 Å². The molecule has 136 valence electrons. The van der Waals surface area contributed by atoms with Crippen molar-refractivity contribution < 1.29 is 4.42 Å². The predicted molar refractivity (Wildman–Crippen MR) is 114 cm³/mol. The van der Waals surface area contributed by atoms with Gasteiger partial charge in [-0.3, -0.25) is 4.57 Å². The molecule has 4 rings (SSSR count). The van der Waals surface area contributed by atoms with Crippen LogP contribution in [-0.2, 0) is 12.3 Å². The first kappa shape index (κ1) is 18.3. The summed E-state index contributed by atoms with van der Waals surface area (Å²) < 4.78 is 9.03. The fourth-order valence-electron chi connectivity index (χ4n) is 2.72. The van der Waals surface area contributed by atoms with E-state index in [2.05, 4.69) is 44.8 Å². The third-order valence-corrected chi connectivity index (χ3v) is 5.81. The molecule has 0 aliphatic rings. The highest BCUT2D eigenvalue weighted by atomic mass is 79.9. The lowest BCUT2D eigenvalue weighted by Crippen LogP contribution is -2.00. The van der Waals surface area contributed by atoms with E-state index in [4.69, 9.17) is 16.0 Å². The lowest BCUT2D eigenvalue weighted by atomic mass is 10.2. The summed E-state index contributed by atoms with van der Waals surface area (Å²) in [4.78, 5) is 0. The fourth-order valence-corrected chi connectivity index (χ4v) is 4.07. The molecule has 27 heavy (non-hydrogen) atoms. The van der Waals surface area contributed by atoms with Gasteiger partial charge in [-0.05, 0) is 42.0 Å². The van der Waals surface area contributed by atoms with Crippen LogP contribution in [0.3, 0.4) is 0 Å². The molecule has 0 N–H and O–H groups in total. The summed E-state index contributed by atoms with van der Waals surface area (Å²) in [6, 6.07) is 15.7. The minimum Gasteiger partial charge on any atom is -0.453 e. The van der Waals surface area contributed by atoms with E-state index in [1.807, 2.05) is 47.0 Å². The van der Waals surface area contributed by atoms with Crippen molar-refractivity contribution in [3.8, 4) is 11.6 Å². The van der Waals surface area contributed by atoms with Gasteiger partial charge in [-0.25, -0.2) is 0 Å². The molecule has 7 heteroatoms. The molecule has 0 spiro atoms. The maximum absolute atomic E-state index is 6.07. The maximum atomic E-state index is 6.07. The first-order chi connectivity index (χ1) is 13.1. The molecule has 0 aliphatic carbocycles. The van der Waals surface area contributed by atoms with E-state index in [1.54, 1.807) is 11.8 Å². The first-order valence-electron chi connectivity index (χ1n) is 8.25. The number of furan rings is 1. The largest absolute Gasteiger partial charge is 0.453 e. The highest BCUT2D eigenvalue weighted by molar-refractivity contribution is 9.10. The Labute approximate surface area is 174 Å². The lowest BCUT2D eigenvalue weighted by molar-refractivity contribution is 0.613. The van der Waals surface area contributed by atoms with Crippen molar-refractivity contribution >= 4 is 50.3 Å². The highest BCUT2D eigenvalue weighted by Crippen LogP contribution is 2.31. The predicted octanol–water partition coefficient (Wildman–Crippen LogP) is 6.59. The van der Waals surface area contributed by atoms with Crippen molar-refractivity contribution in [2.24, 2.45) is 0 Å². The Bertz CT molecular complexity index is 1100. The van der Waals surface area contributed by atoms with Crippen LogP contribution in [0.1, 0.15) is 5.56 Å². The summed E-state index contributed by atoms with van der Waals surface area (Å²) in [5.74, 6) is 2.15. The molecule has 0 bridgehead atoms. The Kier molecular flexibility index (Phi) is 5.38. The first-order valence-corrected chi connectivity index (χ1v) is 10.4. The number of hydrogen-bond donors (Lipinski definition) is 0. The van der Waals surface area contributed by atoms with Gasteiger partial charge in [0.1, 0.15) is 5.58 Å². The molecule has 0 aliphatic heterocycles. The van der Waals surface area contributed by atoms with Crippen molar-refractivity contribution in [2.45, 2.75) is 17.5 Å². The third kappa shape index (κ3) is 3.98. The van der Waals surface area contributed by atoms with Gasteiger partial charge < -0.3 is 4.42 Å². The Morgan fingerprint density at radius 1 is 1.15 bits per heavy atom. The van der Waals surface area contributed by atoms with Gasteiger partial charge in [0, 0.05) is 27.2 Å². The molecule has 2 heterocycles. The van der Waals surface area contributed by atoms with Crippen LogP contribution in [0.2, 0.25) is 5.02 Å². The molecule has 0 unspecified atom stereocenters. The van der Waals surface area contributed by atoms with Gasteiger partial charge in [0.15, 0.2) is 10.9 Å². The van der Waals surface area contributed by atoms with Gasteiger partial charge in [0.2, 0.25) is 5.82 Å². The quantitative estimate of drug-likeness (QED) is 0.241. The minimum absolute atomic E-state index is 0.600. The van der Waals surface area contributed by atoms with Crippen LogP contribution in [-0.4, -0.2) is 14.8 Å². The van der Waals surface area contributed by atoms with E-state index < -0.39 is 0 Å². The Morgan fingerprint density at radius 3 is 2.74 bits per heavy atom. The third-order valence-electron chi connectivity index (χ3n) is 4.01. The summed E-state index contributed by atoms with van der Waals surface area (Å²) in [6.45, 7) is 4.45. The second kappa shape index (κ2) is 7.92. The zero-order valence-corrected chi connectivity index (χ0v) is 17.4. The highest BCUT2D eigenvalue weighted by Gasteiger charge is 2.17. The van der Waals surface area contributed by atoms with Crippen molar-refractivity contribution in [1.82, 2.24) is 14.8 Å². The number of nitrogens with zero attached hydrogens (tertiary/aromatic N) is 3. The zero-order valence-electron chi connectivity index (χ0n) is 14.2. The van der Waals surface area contributed by atoms with Crippen LogP contribution in [0, 0.1) is 0 Å². The molecule has 4 nitrogen and oxygen atoms in total. The van der Waals surface area contributed by atoms with E-state index in [0.29, 0.717) is 23.2 Å². The standard InChI is InChI=1S/C20H15BrClN3OS/c1-2-9-25-19(18-11-14-10-16(22)7-8-17(14)26-18)23-24-20(25)27-12-13-3-5-15(21)6-4-13/h2-8,10-11H,1,9,12H2. The number of allylic oxidation sites excluding steroid dienone is 1. The van der Waals surface area contributed by atoms with Gasteiger partial charge in [0.25, 0.3) is 0 Å². The van der Waals surface area contributed by atoms with Crippen LogP contribution in [0.5, 0.6) is 0 Å². The summed E-state index contributed by atoms with van der Waals surface area (Å²) in [5.41, 5.74) is 1.99. The van der Waals surface area contributed by atoms with E-state index in [9.17, 15) is 0 Å². The Balaban J connectivity index is 1.64. The van der Waals surface area contributed by atoms with Crippen molar-refractivity contribution in [3.05, 3.63) is 76.2 Å². The number of hydrogen-bond acceptors (Lipinski definition) is 4. The number of rotatable bonds is 6. The second-order valence-corrected chi connectivity index (χ2v) is 8.21. The molecule has 0 radical (unpaired) electrons. The topological polar surface area (TPSA) is 43.9 Å². The van der Waals surface area contributed by atoms with Crippen molar-refractivity contribution in [2.75, 3.05) is 0 Å². The smallest absolute Gasteiger partial charge is 0.200 e. The van der Waals surface area contributed by atoms with Crippen LogP contribution in [0.4, 0.5) is 0 Å². The van der Waals surface area contributed by atoms with Gasteiger partial charge >= 0.3 is 0 Å². The van der Waals surface area contributed by atoms with E-state index >= 15 is 0 Å². The van der Waals surface area contributed by atoms with Gasteiger partial charge in [-0.2, -0.15) is 0 Å². The molecular weight excluding hydrogens is 446 g/mol. The fraction of sp³-hybridized carbons (Fsp3) is 0.100. The van der Waals surface area contributed by atoms with Gasteiger partial charge in [-0.15, -0.1) is 16.8 Å². The van der Waals surface area contributed by atoms with Crippen LogP contribution in [0.15, 0.2) is 75.2 Å². The molecular formula is C20H15BrClN3OS. The molecule has 0 amide bonds. The Hall–Kier alpha value is -2.02. The van der Waals surface area contributed by atoms with Gasteiger partial charge in [-0.1, -0.05) is 57.5 Å². The minimum atomic E-state index is 0.600. The maximum Gasteiger partial charge on any atom is 0.200 e. The molecule has 0 saturated heterocycles. The number of fused-ring (bicyclic) bond motifs is 1. The summed E-state index contributed by atoms with van der Waals surface area (Å²) >= 11 is 11.2. The van der Waals surface area contributed by atoms with E-state index in [0.717, 1.165) is 26.4 Å². The normalized spacial score (nSPS) is 11.2. The monoisotopic (exact) mass is 459 g/mol. The SMILES string of the molecule is C=CCn1c(SCc2ccc(Br)cc2)nnc1-c1cc2cc(Cl)ccc2o1. The van der Waals surface area contributed by atoms with Crippen molar-refractivity contribution in [3.63, 3.8) is 0 Å². The molecule has 4 aromatic rings. The van der Waals surface area contributed by atoms with E-state index in [-0.39, 0.29) is 0 Å². The lowest BCUT2D eigenvalue weighted by Gasteiger charge is -2.06. The van der Waals surface area contributed by atoms with Crippen LogP contribution >= 0.6 is 39.3 Å². The second-order valence-electron chi connectivity index (χ2n) is 5.91. The molecule has 2 aromatic heterocycles. The van der Waals surface area contributed by atoms with Crippen LogP contribution < -0.4 is 0 Å². The molecule has 0 atom stereocenters. The zero-order chi connectivity index (χ0) is 18.8. The number of thioether (sulfide) groups is 1. The average molecular weight is 461 g/mol. The summed E-state index contributed by atoms with van der Waals surface area (Å²) in [6.07, 6.45) is 1.83. The van der Waals surface area contributed by atoms with Crippen molar-refractivity contribution in [1.29, 1.82) is 0 Å². The summed E-state index contributed by atoms with van der Waals surface area (Å²) in [7, 11) is 0.